The van der Waals surface area contributed by atoms with Gasteiger partial charge in [0, 0.05) is 59.8 Å². The first kappa shape index (κ1) is 85.6. The number of aromatic carboxylic acids is 6. The molecular formula is C70H64N16O23S3. The van der Waals surface area contributed by atoms with Crippen molar-refractivity contribution in [1.82, 2.24) is 65.5 Å². The number of para-hydroxylation sites is 1. The maximum absolute atomic E-state index is 10.9. The number of hydrogen-bond donors (Lipinski definition) is 20. The number of carboxylic acids is 9. The minimum atomic E-state index is -3.31. The number of nitrogens with one attached hydrogen (secondary N) is 8. The Morgan fingerprint density at radius 2 is 1.21 bits per heavy atom. The maximum Gasteiger partial charge on any atom is 0.335 e. The topological polar surface area (TPSA) is 672 Å². The lowest BCUT2D eigenvalue weighted by Crippen LogP contribution is -2.32. The monoisotopic (exact) mass is 1590 g/mol. The van der Waals surface area contributed by atoms with Crippen molar-refractivity contribution in [2.75, 3.05) is 16.7 Å². The summed E-state index contributed by atoms with van der Waals surface area (Å²) in [5.74, 6) is -7.53. The van der Waals surface area contributed by atoms with E-state index >= 15 is 0 Å². The number of carbonyl (C=O) groups is 9. The number of nitrogens with two attached hydrogens (primary N) is 2. The molecule has 0 radical (unpaired) electrons. The Labute approximate surface area is 636 Å². The van der Waals surface area contributed by atoms with E-state index in [1.165, 1.54) is 91.5 Å². The Kier molecular flexibility index (Phi) is 31.8. The van der Waals surface area contributed by atoms with Gasteiger partial charge in [0.1, 0.15) is 28.6 Å². The van der Waals surface area contributed by atoms with Gasteiger partial charge in [0.15, 0.2) is 11.4 Å². The molecule has 1 atom stereocenters. The quantitative estimate of drug-likeness (QED) is 0.0299. The number of anilines is 2. The number of oxazole rings is 1. The molecule has 0 aliphatic heterocycles. The van der Waals surface area contributed by atoms with Crippen molar-refractivity contribution in [1.29, 1.82) is 0 Å². The van der Waals surface area contributed by atoms with Crippen molar-refractivity contribution >= 4 is 148 Å². The highest BCUT2D eigenvalue weighted by atomic mass is 32.2. The number of rotatable bonds is 17. The Morgan fingerprint density at radius 3 is 1.79 bits per heavy atom. The van der Waals surface area contributed by atoms with Gasteiger partial charge < -0.3 is 91.9 Å². The first-order valence-corrected chi connectivity index (χ1v) is 34.5. The van der Waals surface area contributed by atoms with E-state index in [0.717, 1.165) is 40.4 Å². The summed E-state index contributed by atoms with van der Waals surface area (Å²) in [6.45, 7) is 0. The molecule has 14 aromatic rings. The van der Waals surface area contributed by atoms with Crippen molar-refractivity contribution in [2.24, 2.45) is 5.73 Å². The molecule has 0 unspecified atom stereocenters. The van der Waals surface area contributed by atoms with Crippen LogP contribution in [0.4, 0.5) is 11.5 Å². The second kappa shape index (κ2) is 41.6. The highest BCUT2D eigenvalue weighted by molar-refractivity contribution is 7.92. The van der Waals surface area contributed by atoms with E-state index in [-0.39, 0.29) is 61.7 Å². The zero-order chi connectivity index (χ0) is 82.2. The zero-order valence-corrected chi connectivity index (χ0v) is 60.0. The number of hydrogen-bond acceptors (Lipinski definition) is 24. The van der Waals surface area contributed by atoms with Crippen LogP contribution in [0.2, 0.25) is 0 Å². The summed E-state index contributed by atoms with van der Waals surface area (Å²) in [5, 5.41) is 103. The van der Waals surface area contributed by atoms with Crippen LogP contribution in [-0.4, -0.2) is 191 Å². The zero-order valence-electron chi connectivity index (χ0n) is 57.5. The number of nitrogens with zero attached hydrogens (tertiary/aromatic N) is 6. The molecule has 0 amide bonds. The number of benzene rings is 7. The number of phenols is 1. The second-order valence-corrected chi connectivity index (χ2v) is 25.2. The summed E-state index contributed by atoms with van der Waals surface area (Å²) in [7, 11) is -3.31. The fraction of sp³-hybridized carbons (Fsp3) is 0.0714. The van der Waals surface area contributed by atoms with Gasteiger partial charge in [-0.15, -0.1) is 0 Å². The van der Waals surface area contributed by atoms with Crippen molar-refractivity contribution in [2.45, 2.75) is 25.3 Å². The predicted molar refractivity (Wildman–Crippen MR) is 406 cm³/mol. The highest BCUT2D eigenvalue weighted by Gasteiger charge is 2.14. The molecule has 42 heteroatoms. The average molecular weight is 1590 g/mol. The second-order valence-electron chi connectivity index (χ2n) is 22.1. The summed E-state index contributed by atoms with van der Waals surface area (Å²) >= 11 is 5.76. The van der Waals surface area contributed by atoms with Crippen LogP contribution >= 0.6 is 23.6 Å². The molecule has 0 aliphatic carbocycles. The standard InChI is InChI=1S/C10H8N2O2.C9H10O3.C8H7N3O2.C8H9NO4S.2C8H5NO3S.C7H5N3O2.C6H9N3O2.C6H6N2O2/c13-10(14)8-3-1-2-7(6-8)9-11-4-5-12-9;10-8-4-2-1-3-7(8)5-6-9(11)12;9-7-5-3-4(8(12)13)1-2-6(5)10-11-7;1-14(12,13)9-7-4-2-6(3-5-7)8(10)11;10-7(11)4-1-2-5-6(3-4)13-8(12)9-5;10-7(11)4-1-2-5-6(3-4)12-8(13)9-5;11-7(12)4-1-2-5-6(3-4)9-10-8-5;7-5(6(10)11)1-4-2-8-3-9-4;9-6(10)2-1-5-3-7-4-8-5/h1-6H,(H,11,12)(H,13,14);1-4,10H,5-6H2,(H,11,12);1-3H,(H,12,13)(H3,9,10,11);2-5,9H,1H3,(H,10,11);1-3H,(H,9,12)(H,10,11);1-3H,(H,9,13)(H,10,11);1-3H,(H,11,12)(H,8,9,10);2-3,5H,1,7H2,(H,8,9)(H,10,11);1-4H,(H,7,8)(H,9,10)/b;;;;;;;;2-1+/t;;;;;;;5-;/m.......0./s1. The summed E-state index contributed by atoms with van der Waals surface area (Å²) in [6, 6.07) is 36.3. The van der Waals surface area contributed by atoms with Crippen molar-refractivity contribution < 1.29 is 107 Å². The van der Waals surface area contributed by atoms with E-state index < -0.39 is 69.8 Å². The molecule has 580 valence electrons. The Morgan fingerprint density at radius 1 is 0.625 bits per heavy atom. The van der Waals surface area contributed by atoms with Crippen LogP contribution in [0.15, 0.2) is 198 Å². The van der Waals surface area contributed by atoms with Crippen molar-refractivity contribution in [3.05, 3.63) is 254 Å². The smallest absolute Gasteiger partial charge is 0.335 e. The van der Waals surface area contributed by atoms with Crippen molar-refractivity contribution in [3.8, 4) is 17.1 Å². The Bertz CT molecular complexity index is 5740. The van der Waals surface area contributed by atoms with E-state index in [9.17, 15) is 61.5 Å². The van der Waals surface area contributed by atoms with Gasteiger partial charge in [-0.25, -0.2) is 56.9 Å². The van der Waals surface area contributed by atoms with Gasteiger partial charge in [-0.1, -0.05) is 41.7 Å². The molecule has 22 N–H and O–H groups in total. The molecule has 7 heterocycles. The number of imidazole rings is 3. The molecule has 0 bridgehead atoms. The number of aromatic hydroxyl groups is 1. The van der Waals surface area contributed by atoms with E-state index in [1.807, 2.05) is 6.07 Å². The first-order valence-electron chi connectivity index (χ1n) is 31.3. The molecular weight excluding hydrogens is 1530 g/mol. The fourth-order valence-electron chi connectivity index (χ4n) is 8.62. The lowest BCUT2D eigenvalue weighted by molar-refractivity contribution is -0.139. The largest absolute Gasteiger partial charge is 0.508 e. The van der Waals surface area contributed by atoms with Crippen LogP contribution in [0.5, 0.6) is 5.75 Å². The van der Waals surface area contributed by atoms with Crippen LogP contribution < -0.4 is 21.1 Å². The van der Waals surface area contributed by atoms with Crippen LogP contribution in [0.1, 0.15) is 85.5 Å². The van der Waals surface area contributed by atoms with Crippen LogP contribution in [-0.2, 0) is 37.2 Å². The SMILES string of the molecule is CS(=O)(=O)Nc1ccc(C(=O)O)cc1.N[C@@H](Cc1cnc[nH]1)C(=O)O.Nc1n[nH]c2ccc(C(=O)O)cc12.O=C(O)/C=C/c1cnc[nH]1.O=C(O)CCc1ccccc1O.O=C(O)c1ccc2[nH]c(=O)sc2c1.O=C(O)c1ccc2[nH]c(=S)oc2c1.O=C(O)c1ccc2n[nH]nc2c1.O=C(O)c1cccc(-c2ncc[nH]2)c1. The first-order chi connectivity index (χ1) is 53.1. The maximum atomic E-state index is 10.9. The summed E-state index contributed by atoms with van der Waals surface area (Å²) < 4.78 is 29.5. The van der Waals surface area contributed by atoms with Gasteiger partial charge in [-0.05, 0) is 146 Å². The summed E-state index contributed by atoms with van der Waals surface area (Å²) in [4.78, 5) is 130. The average Bonchev–Trinajstić information content (AvgIpc) is 1.69. The number of aromatic amines is 7. The number of fused-ring (bicyclic) bond motifs is 4. The third-order valence-electron chi connectivity index (χ3n) is 13.9. The van der Waals surface area contributed by atoms with Gasteiger partial charge in [-0.3, -0.25) is 24.2 Å². The normalized spacial score (nSPS) is 10.6. The van der Waals surface area contributed by atoms with Gasteiger partial charge in [0.05, 0.1) is 85.4 Å². The van der Waals surface area contributed by atoms with Crippen molar-refractivity contribution in [3.63, 3.8) is 0 Å². The Hall–Kier alpha value is -15.3. The lowest BCUT2D eigenvalue weighted by atomic mass is 10.1. The minimum Gasteiger partial charge on any atom is -0.508 e. The van der Waals surface area contributed by atoms with E-state index in [0.29, 0.717) is 72.7 Å². The van der Waals surface area contributed by atoms with Gasteiger partial charge in [0.2, 0.25) is 10.0 Å². The molecule has 0 saturated carbocycles. The van der Waals surface area contributed by atoms with Crippen LogP contribution in [0.3, 0.4) is 0 Å². The van der Waals surface area contributed by atoms with E-state index in [4.69, 9.17) is 74.1 Å². The molecule has 0 fully saturated rings. The predicted octanol–water partition coefficient (Wildman–Crippen LogP) is 8.79. The third-order valence-corrected chi connectivity index (χ3v) is 15.5. The fourth-order valence-corrected chi connectivity index (χ4v) is 10.2. The number of carboxylic acid groups (broad SMARTS) is 9. The van der Waals surface area contributed by atoms with Crippen LogP contribution in [0.25, 0.3) is 60.7 Å². The number of aliphatic carboxylic acids is 3. The van der Waals surface area contributed by atoms with E-state index in [2.05, 4.69) is 70.2 Å². The third kappa shape index (κ3) is 28.5. The number of H-pyrrole nitrogens is 7. The van der Waals surface area contributed by atoms with Gasteiger partial charge >= 0.3 is 58.6 Å². The Balaban J connectivity index is 0.000000197. The number of phenolic OH excluding ortho intramolecular Hbond substituents is 1. The summed E-state index contributed by atoms with van der Waals surface area (Å²) in [5.41, 5.74) is 19.0. The molecule has 0 spiro atoms. The molecule has 39 nitrogen and oxygen atoms in total. The van der Waals surface area contributed by atoms with E-state index in [1.54, 1.807) is 91.5 Å². The minimum absolute atomic E-state index is 0.0531. The lowest BCUT2D eigenvalue weighted by Gasteiger charge is -2.03. The summed E-state index contributed by atoms with van der Waals surface area (Å²) in [6.07, 6.45) is 13.6. The number of thiazole rings is 1. The number of sulfonamides is 1. The number of nitrogen functional groups attached to an aromatic ring is 1. The molecule has 0 saturated heterocycles. The highest BCUT2D eigenvalue weighted by Crippen LogP contribution is 2.22. The van der Waals surface area contributed by atoms with Gasteiger partial charge in [0.25, 0.3) is 4.84 Å². The molecule has 14 rings (SSSR count). The molecule has 112 heavy (non-hydrogen) atoms. The van der Waals surface area contributed by atoms with Crippen LogP contribution in [0, 0.1) is 4.84 Å². The number of aromatic nitrogens is 13. The molecule has 7 aromatic carbocycles. The van der Waals surface area contributed by atoms with Gasteiger partial charge in [-0.2, -0.15) is 20.5 Å². The number of aryl methyl sites for hydroxylation is 1. The molecule has 7 aromatic heterocycles. The molecule has 0 aliphatic rings.